The lowest BCUT2D eigenvalue weighted by Gasteiger charge is -2.15. The highest BCUT2D eigenvalue weighted by Gasteiger charge is 2.25. The molecule has 2 unspecified atom stereocenters. The summed E-state index contributed by atoms with van der Waals surface area (Å²) in [6.07, 6.45) is 0.570. The topological polar surface area (TPSA) is 86.6 Å². The number of carbonyl (C=O) groups excluding carboxylic acids is 1. The number of carboxylic acids is 1. The van der Waals surface area contributed by atoms with Crippen LogP contribution in [-0.4, -0.2) is 28.7 Å². The second kappa shape index (κ2) is 6.89. The molecule has 1 amide bonds. The van der Waals surface area contributed by atoms with Gasteiger partial charge in [-0.2, -0.15) is 0 Å². The molecule has 104 valence electrons. The van der Waals surface area contributed by atoms with Gasteiger partial charge in [-0.15, -0.1) is 0 Å². The first-order chi connectivity index (χ1) is 8.95. The zero-order chi connectivity index (χ0) is 14.4. The van der Waals surface area contributed by atoms with Crippen LogP contribution in [0.15, 0.2) is 24.3 Å². The van der Waals surface area contributed by atoms with Crippen LogP contribution in [0.4, 0.5) is 5.69 Å². The Balaban J connectivity index is 2.63. The summed E-state index contributed by atoms with van der Waals surface area (Å²) in [5, 5.41) is 20.3. The van der Waals surface area contributed by atoms with Gasteiger partial charge in [0, 0.05) is 18.2 Å². The van der Waals surface area contributed by atoms with Crippen molar-refractivity contribution in [3.63, 3.8) is 0 Å². The van der Waals surface area contributed by atoms with E-state index < -0.39 is 17.8 Å². The Hall–Kier alpha value is -1.88. The van der Waals surface area contributed by atoms with Crippen LogP contribution in [0.3, 0.4) is 0 Å². The molecule has 1 rings (SSSR count). The third-order valence-electron chi connectivity index (χ3n) is 3.18. The van der Waals surface area contributed by atoms with Gasteiger partial charge in [0.05, 0.1) is 5.92 Å². The van der Waals surface area contributed by atoms with Crippen molar-refractivity contribution < 1.29 is 19.8 Å². The van der Waals surface area contributed by atoms with Gasteiger partial charge < -0.3 is 15.5 Å². The largest absolute Gasteiger partial charge is 0.481 e. The fourth-order valence-corrected chi connectivity index (χ4v) is 1.58. The minimum atomic E-state index is -0.985. The van der Waals surface area contributed by atoms with Gasteiger partial charge >= 0.3 is 5.97 Å². The summed E-state index contributed by atoms with van der Waals surface area (Å²) in [5.41, 5.74) is 1.60. The molecule has 0 aliphatic heterocycles. The van der Waals surface area contributed by atoms with E-state index in [2.05, 4.69) is 5.32 Å². The Bertz CT molecular complexity index is 441. The summed E-state index contributed by atoms with van der Waals surface area (Å²) >= 11 is 0. The van der Waals surface area contributed by atoms with Crippen LogP contribution >= 0.6 is 0 Å². The molecule has 19 heavy (non-hydrogen) atoms. The van der Waals surface area contributed by atoms with Gasteiger partial charge in [-0.1, -0.05) is 26.0 Å². The first-order valence-electron chi connectivity index (χ1n) is 6.19. The average molecular weight is 265 g/mol. The zero-order valence-corrected chi connectivity index (χ0v) is 11.1. The number of benzene rings is 1. The molecule has 5 nitrogen and oxygen atoms in total. The first kappa shape index (κ1) is 15.2. The van der Waals surface area contributed by atoms with Crippen molar-refractivity contribution in [2.45, 2.75) is 20.3 Å². The zero-order valence-electron chi connectivity index (χ0n) is 11.1. The van der Waals surface area contributed by atoms with Gasteiger partial charge in [0.15, 0.2) is 0 Å². The summed E-state index contributed by atoms with van der Waals surface area (Å²) in [5.74, 6) is -2.63. The number of aliphatic hydroxyl groups excluding tert-OH is 1. The molecule has 1 aromatic rings. The van der Waals surface area contributed by atoms with Gasteiger partial charge in [-0.05, 0) is 24.1 Å². The highest BCUT2D eigenvalue weighted by Crippen LogP contribution is 2.16. The molecule has 0 fully saturated rings. The molecule has 0 saturated heterocycles. The summed E-state index contributed by atoms with van der Waals surface area (Å²) in [7, 11) is 0. The molecule has 0 aromatic heterocycles. The SMILES string of the molecule is CC(C(=O)O)C(C)C(=O)Nc1ccc(CCO)cc1. The molecule has 0 aliphatic rings. The minimum absolute atomic E-state index is 0.0822. The van der Waals surface area contributed by atoms with Crippen molar-refractivity contribution >= 4 is 17.6 Å². The second-order valence-electron chi connectivity index (χ2n) is 4.58. The number of rotatable bonds is 6. The molecule has 1 aromatic carbocycles. The van der Waals surface area contributed by atoms with E-state index in [1.165, 1.54) is 6.92 Å². The van der Waals surface area contributed by atoms with Crippen LogP contribution < -0.4 is 5.32 Å². The van der Waals surface area contributed by atoms with Crippen molar-refractivity contribution in [2.75, 3.05) is 11.9 Å². The molecular weight excluding hydrogens is 246 g/mol. The molecule has 0 radical (unpaired) electrons. The molecule has 5 heteroatoms. The Morgan fingerprint density at radius 2 is 1.74 bits per heavy atom. The minimum Gasteiger partial charge on any atom is -0.481 e. The standard InChI is InChI=1S/C14H19NO4/c1-9(10(2)14(18)19)13(17)15-12-5-3-11(4-6-12)7-8-16/h3-6,9-10,16H,7-8H2,1-2H3,(H,15,17)(H,18,19). The van der Waals surface area contributed by atoms with Crippen molar-refractivity contribution in [1.29, 1.82) is 0 Å². The quantitative estimate of drug-likeness (QED) is 0.727. The summed E-state index contributed by atoms with van der Waals surface area (Å²) < 4.78 is 0. The fourth-order valence-electron chi connectivity index (χ4n) is 1.58. The van der Waals surface area contributed by atoms with Crippen molar-refractivity contribution in [3.05, 3.63) is 29.8 Å². The maximum atomic E-state index is 11.9. The maximum Gasteiger partial charge on any atom is 0.307 e. The number of nitrogens with one attached hydrogen (secondary N) is 1. The molecule has 0 spiro atoms. The van der Waals surface area contributed by atoms with E-state index in [4.69, 9.17) is 10.2 Å². The molecule has 2 atom stereocenters. The lowest BCUT2D eigenvalue weighted by molar-refractivity contribution is -0.145. The van der Waals surface area contributed by atoms with E-state index in [0.717, 1.165) is 5.56 Å². The summed E-state index contributed by atoms with van der Waals surface area (Å²) in [4.78, 5) is 22.7. The third kappa shape index (κ3) is 4.37. The van der Waals surface area contributed by atoms with Gasteiger partial charge in [0.2, 0.25) is 5.91 Å². The highest BCUT2D eigenvalue weighted by atomic mass is 16.4. The van der Waals surface area contributed by atoms with Crippen LogP contribution in [0.25, 0.3) is 0 Å². The number of hydrogen-bond donors (Lipinski definition) is 3. The molecule has 0 saturated carbocycles. The van der Waals surface area contributed by atoms with Crippen LogP contribution in [-0.2, 0) is 16.0 Å². The number of aliphatic carboxylic acids is 1. The van der Waals surface area contributed by atoms with Gasteiger partial charge in [-0.3, -0.25) is 9.59 Å². The smallest absolute Gasteiger partial charge is 0.307 e. The van der Waals surface area contributed by atoms with E-state index in [0.29, 0.717) is 12.1 Å². The second-order valence-corrected chi connectivity index (χ2v) is 4.58. The molecule has 3 N–H and O–H groups in total. The number of carbonyl (C=O) groups is 2. The van der Waals surface area contributed by atoms with Crippen molar-refractivity contribution in [1.82, 2.24) is 0 Å². The normalized spacial score (nSPS) is 13.6. The Morgan fingerprint density at radius 1 is 1.16 bits per heavy atom. The van der Waals surface area contributed by atoms with Crippen molar-refractivity contribution in [2.24, 2.45) is 11.8 Å². The number of anilines is 1. The number of aliphatic hydroxyl groups is 1. The van der Waals surface area contributed by atoms with E-state index in [1.807, 2.05) is 12.1 Å². The van der Waals surface area contributed by atoms with Crippen LogP contribution in [0.1, 0.15) is 19.4 Å². The number of hydrogen-bond acceptors (Lipinski definition) is 3. The number of amides is 1. The van der Waals surface area contributed by atoms with Crippen molar-refractivity contribution in [3.8, 4) is 0 Å². The van der Waals surface area contributed by atoms with E-state index in [9.17, 15) is 9.59 Å². The predicted molar refractivity (Wildman–Crippen MR) is 71.8 cm³/mol. The van der Waals surface area contributed by atoms with E-state index >= 15 is 0 Å². The lowest BCUT2D eigenvalue weighted by atomic mass is 9.95. The van der Waals surface area contributed by atoms with Crippen LogP contribution in [0, 0.1) is 11.8 Å². The maximum absolute atomic E-state index is 11.9. The fraction of sp³-hybridized carbons (Fsp3) is 0.429. The van der Waals surface area contributed by atoms with Crippen LogP contribution in [0.2, 0.25) is 0 Å². The molecular formula is C14H19NO4. The summed E-state index contributed by atoms with van der Waals surface area (Å²) in [6.45, 7) is 3.18. The molecule has 0 heterocycles. The number of carboxylic acid groups (broad SMARTS) is 1. The first-order valence-corrected chi connectivity index (χ1v) is 6.19. The van der Waals surface area contributed by atoms with Crippen LogP contribution in [0.5, 0.6) is 0 Å². The lowest BCUT2D eigenvalue weighted by Crippen LogP contribution is -2.29. The molecule has 0 aliphatic carbocycles. The monoisotopic (exact) mass is 265 g/mol. The molecule has 0 bridgehead atoms. The van der Waals surface area contributed by atoms with E-state index in [1.54, 1.807) is 19.1 Å². The van der Waals surface area contributed by atoms with Gasteiger partial charge in [0.25, 0.3) is 0 Å². The average Bonchev–Trinajstić information content (AvgIpc) is 2.39. The summed E-state index contributed by atoms with van der Waals surface area (Å²) in [6, 6.07) is 7.11. The van der Waals surface area contributed by atoms with Gasteiger partial charge in [0.1, 0.15) is 0 Å². The Labute approximate surface area is 112 Å². The predicted octanol–water partition coefficient (Wildman–Crippen LogP) is 1.52. The third-order valence-corrected chi connectivity index (χ3v) is 3.18. The Kier molecular flexibility index (Phi) is 5.51. The highest BCUT2D eigenvalue weighted by molar-refractivity contribution is 5.94. The van der Waals surface area contributed by atoms with E-state index in [-0.39, 0.29) is 12.5 Å². The van der Waals surface area contributed by atoms with Gasteiger partial charge in [-0.25, -0.2) is 0 Å². The Morgan fingerprint density at radius 3 is 2.21 bits per heavy atom.